The van der Waals surface area contributed by atoms with E-state index >= 15 is 0 Å². The summed E-state index contributed by atoms with van der Waals surface area (Å²) in [6.45, 7) is 3.10. The average molecular weight is 425 g/mol. The topological polar surface area (TPSA) is 97.4 Å². The fourth-order valence-electron chi connectivity index (χ4n) is 1.68. The van der Waals surface area contributed by atoms with Crippen LogP contribution in [0.25, 0.3) is 0 Å². The number of halogens is 6. The molecule has 0 radical (unpaired) electrons. The molecule has 6 nitrogen and oxygen atoms in total. The first-order valence-electron chi connectivity index (χ1n) is 6.19. The lowest BCUT2D eigenvalue weighted by Gasteiger charge is -2.21. The fourth-order valence-corrected chi connectivity index (χ4v) is 5.19. The van der Waals surface area contributed by atoms with Crippen LogP contribution in [0.5, 0.6) is 0 Å². The zero-order valence-corrected chi connectivity index (χ0v) is 13.9. The zero-order valence-electron chi connectivity index (χ0n) is 12.3. The molecule has 0 saturated carbocycles. The number of benzene rings is 1. The van der Waals surface area contributed by atoms with Gasteiger partial charge in [0.1, 0.15) is 0 Å². The van der Waals surface area contributed by atoms with Gasteiger partial charge in [-0.1, -0.05) is 18.7 Å². The molecule has 26 heavy (non-hydrogen) atoms. The molecule has 0 atom stereocenters. The van der Waals surface area contributed by atoms with Crippen LogP contribution in [0.15, 0.2) is 36.9 Å². The molecule has 1 amide bonds. The van der Waals surface area contributed by atoms with Crippen molar-refractivity contribution in [3.8, 4) is 0 Å². The largest absolute Gasteiger partial charge is 0.499 e. The maximum Gasteiger partial charge on any atom is 0.499 e. The lowest BCUT2D eigenvalue weighted by Crippen LogP contribution is -2.39. The van der Waals surface area contributed by atoms with Crippen molar-refractivity contribution in [2.45, 2.75) is 15.6 Å². The summed E-state index contributed by atoms with van der Waals surface area (Å²) < 4.78 is 118. The highest BCUT2D eigenvalue weighted by molar-refractivity contribution is 8.09. The van der Waals surface area contributed by atoms with Gasteiger partial charge in [0, 0.05) is 5.69 Å². The molecule has 1 N–H and O–H groups in total. The molecule has 0 unspecified atom stereocenters. The Kier molecular flexibility index (Phi) is 5.83. The third-order valence-electron chi connectivity index (χ3n) is 2.84. The number of alkyl halides is 6. The van der Waals surface area contributed by atoms with E-state index in [-0.39, 0.29) is 5.69 Å². The first kappa shape index (κ1) is 22.0. The molecule has 1 rings (SSSR count). The first-order chi connectivity index (χ1) is 11.6. The van der Waals surface area contributed by atoms with E-state index in [4.69, 9.17) is 0 Å². The van der Waals surface area contributed by atoms with E-state index in [2.05, 4.69) is 11.9 Å². The molecule has 1 aromatic rings. The Morgan fingerprint density at radius 2 is 1.31 bits per heavy atom. The number of hydrogen-bond acceptors (Lipinski definition) is 5. The lowest BCUT2D eigenvalue weighted by molar-refractivity contribution is -0.111. The Morgan fingerprint density at radius 1 is 0.923 bits per heavy atom. The average Bonchev–Trinajstić information content (AvgIpc) is 2.46. The molecule has 0 fully saturated rings. The SMILES string of the molecule is C=CC(=O)Nc1ccc(C(S(=O)(=O)C(F)(F)F)S(=O)(=O)C(F)(F)F)cc1. The highest BCUT2D eigenvalue weighted by atomic mass is 32.3. The minimum atomic E-state index is -6.78. The maximum absolute atomic E-state index is 12.7. The molecule has 0 aromatic heterocycles. The Bertz CT molecular complexity index is 857. The number of hydrogen-bond donors (Lipinski definition) is 1. The fraction of sp³-hybridized carbons (Fsp3) is 0.250. The molecule has 0 bridgehead atoms. The summed E-state index contributed by atoms with van der Waals surface area (Å²) in [7, 11) is -13.6. The van der Waals surface area contributed by atoms with Crippen molar-refractivity contribution in [1.29, 1.82) is 0 Å². The molecular formula is C12H9F6NO5S2. The van der Waals surface area contributed by atoms with Gasteiger partial charge in [-0.15, -0.1) is 0 Å². The van der Waals surface area contributed by atoms with Gasteiger partial charge in [-0.25, -0.2) is 16.8 Å². The van der Waals surface area contributed by atoms with Crippen molar-refractivity contribution in [2.75, 3.05) is 5.32 Å². The lowest BCUT2D eigenvalue weighted by atomic mass is 10.2. The van der Waals surface area contributed by atoms with E-state index < -0.39 is 46.7 Å². The molecular weight excluding hydrogens is 416 g/mol. The normalized spacial score (nSPS) is 13.5. The van der Waals surface area contributed by atoms with Crippen LogP contribution >= 0.6 is 0 Å². The van der Waals surface area contributed by atoms with Crippen LogP contribution in [0.3, 0.4) is 0 Å². The van der Waals surface area contributed by atoms with Crippen LogP contribution in [0.4, 0.5) is 32.0 Å². The summed E-state index contributed by atoms with van der Waals surface area (Å²) in [6, 6.07) is 2.30. The van der Waals surface area contributed by atoms with Gasteiger partial charge in [0.15, 0.2) is 0 Å². The van der Waals surface area contributed by atoms with Gasteiger partial charge in [-0.2, -0.15) is 26.3 Å². The highest BCUT2D eigenvalue weighted by Crippen LogP contribution is 2.44. The molecule has 0 heterocycles. The second-order valence-corrected chi connectivity index (χ2v) is 8.98. The molecule has 0 aliphatic carbocycles. The van der Waals surface area contributed by atoms with Gasteiger partial charge < -0.3 is 5.32 Å². The van der Waals surface area contributed by atoms with E-state index in [1.54, 1.807) is 0 Å². The second kappa shape index (κ2) is 6.90. The number of rotatable bonds is 5. The molecule has 1 aromatic carbocycles. The third kappa shape index (κ3) is 4.17. The van der Waals surface area contributed by atoms with Gasteiger partial charge in [0.05, 0.1) is 0 Å². The Labute approximate surface area is 143 Å². The number of anilines is 1. The van der Waals surface area contributed by atoms with Crippen LogP contribution in [0.1, 0.15) is 10.1 Å². The van der Waals surface area contributed by atoms with Crippen molar-refractivity contribution in [2.24, 2.45) is 0 Å². The Balaban J connectivity index is 3.59. The number of amides is 1. The molecule has 0 aliphatic heterocycles. The smallest absolute Gasteiger partial charge is 0.323 e. The van der Waals surface area contributed by atoms with Crippen LogP contribution in [-0.2, 0) is 24.5 Å². The summed E-state index contributed by atoms with van der Waals surface area (Å²) in [5.74, 6) is -0.778. The highest BCUT2D eigenvalue weighted by Gasteiger charge is 2.63. The standard InChI is InChI=1S/C12H9F6NO5S2/c1-2-9(20)19-8-5-3-7(4-6-8)10(25(21,22)11(13,14)15)26(23,24)12(16,17)18/h2-6,10H,1H2,(H,19,20). The quantitative estimate of drug-likeness (QED) is 0.578. The van der Waals surface area contributed by atoms with E-state index in [1.807, 2.05) is 0 Å². The van der Waals surface area contributed by atoms with Crippen LogP contribution in [0, 0.1) is 0 Å². The molecule has 14 heteroatoms. The maximum atomic E-state index is 12.7. The summed E-state index contributed by atoms with van der Waals surface area (Å²) >= 11 is 0. The van der Waals surface area contributed by atoms with Gasteiger partial charge >= 0.3 is 11.0 Å². The van der Waals surface area contributed by atoms with Gasteiger partial charge in [0.2, 0.25) is 10.5 Å². The van der Waals surface area contributed by atoms with Crippen molar-refractivity contribution < 1.29 is 48.0 Å². The molecule has 0 saturated heterocycles. The summed E-state index contributed by atoms with van der Waals surface area (Å²) in [6.07, 6.45) is 0.805. The van der Waals surface area contributed by atoms with E-state index in [0.29, 0.717) is 12.1 Å². The second-order valence-electron chi connectivity index (χ2n) is 4.63. The van der Waals surface area contributed by atoms with Crippen molar-refractivity contribution in [3.63, 3.8) is 0 Å². The van der Waals surface area contributed by atoms with Crippen molar-refractivity contribution in [1.82, 2.24) is 0 Å². The van der Waals surface area contributed by atoms with Crippen LogP contribution in [0.2, 0.25) is 0 Å². The minimum Gasteiger partial charge on any atom is -0.323 e. The van der Waals surface area contributed by atoms with E-state index in [1.165, 1.54) is 0 Å². The minimum absolute atomic E-state index is 0.147. The third-order valence-corrected chi connectivity index (χ3v) is 7.33. The predicted octanol–water partition coefficient (Wildman–Crippen LogP) is 2.68. The number of carbonyl (C=O) groups excluding carboxylic acids is 1. The van der Waals surface area contributed by atoms with Crippen LogP contribution < -0.4 is 5.32 Å². The van der Waals surface area contributed by atoms with Gasteiger partial charge in [0.25, 0.3) is 19.7 Å². The number of sulfone groups is 2. The zero-order chi connectivity index (χ0) is 20.6. The van der Waals surface area contributed by atoms with Gasteiger partial charge in [-0.3, -0.25) is 4.79 Å². The first-order valence-corrected chi connectivity index (χ1v) is 9.28. The predicted molar refractivity (Wildman–Crippen MR) is 78.0 cm³/mol. The molecule has 0 aliphatic rings. The summed E-state index contributed by atoms with van der Waals surface area (Å²) in [5, 5.41) is 2.10. The number of carbonyl (C=O) groups is 1. The monoisotopic (exact) mass is 425 g/mol. The van der Waals surface area contributed by atoms with E-state index in [9.17, 15) is 48.0 Å². The Hall–Kier alpha value is -2.09. The van der Waals surface area contributed by atoms with Crippen molar-refractivity contribution in [3.05, 3.63) is 42.5 Å². The Morgan fingerprint density at radius 3 is 1.62 bits per heavy atom. The summed E-state index contributed by atoms with van der Waals surface area (Å²) in [5.41, 5.74) is -14.0. The molecule has 0 spiro atoms. The molecule has 146 valence electrons. The van der Waals surface area contributed by atoms with E-state index in [0.717, 1.165) is 18.2 Å². The van der Waals surface area contributed by atoms with Gasteiger partial charge in [-0.05, 0) is 23.8 Å². The summed E-state index contributed by atoms with van der Waals surface area (Å²) in [4.78, 5) is 11.1. The van der Waals surface area contributed by atoms with Crippen molar-refractivity contribution >= 4 is 31.3 Å². The van der Waals surface area contributed by atoms with Crippen LogP contribution in [-0.4, -0.2) is 33.8 Å². The number of nitrogens with one attached hydrogen (secondary N) is 1.